The van der Waals surface area contributed by atoms with Crippen LogP contribution in [0, 0.1) is 11.6 Å². The first-order chi connectivity index (χ1) is 8.99. The lowest BCUT2D eigenvalue weighted by atomic mass is 10.1. The number of rotatable bonds is 3. The van der Waals surface area contributed by atoms with Gasteiger partial charge in [-0.3, -0.25) is 4.79 Å². The minimum atomic E-state index is -1.07. The van der Waals surface area contributed by atoms with Crippen molar-refractivity contribution in [1.29, 1.82) is 0 Å². The predicted molar refractivity (Wildman–Crippen MR) is 65.7 cm³/mol. The number of carboxylic acid groups (broad SMARTS) is 1. The first kappa shape index (κ1) is 13.8. The SMILES string of the molecule is O=C(O)[C@@H]1CSCN1C(=O)Cc1ccc(F)cc1F. The molecule has 0 spiro atoms. The van der Waals surface area contributed by atoms with Gasteiger partial charge >= 0.3 is 5.97 Å². The molecule has 2 rings (SSSR count). The average Bonchev–Trinajstić information content (AvgIpc) is 2.82. The molecule has 0 aliphatic carbocycles. The van der Waals surface area contributed by atoms with Gasteiger partial charge in [0, 0.05) is 11.8 Å². The van der Waals surface area contributed by atoms with E-state index in [1.54, 1.807) is 0 Å². The van der Waals surface area contributed by atoms with E-state index in [4.69, 9.17) is 5.11 Å². The molecule has 102 valence electrons. The molecule has 7 heteroatoms. The van der Waals surface area contributed by atoms with Crippen LogP contribution in [-0.2, 0) is 16.0 Å². The minimum Gasteiger partial charge on any atom is -0.480 e. The van der Waals surface area contributed by atoms with Crippen molar-refractivity contribution in [3.05, 3.63) is 35.4 Å². The number of carbonyl (C=O) groups is 2. The zero-order chi connectivity index (χ0) is 14.0. The summed E-state index contributed by atoms with van der Waals surface area (Å²) in [6, 6.07) is 2.09. The molecule has 0 unspecified atom stereocenters. The van der Waals surface area contributed by atoms with E-state index in [2.05, 4.69) is 0 Å². The molecule has 0 aromatic heterocycles. The molecule has 19 heavy (non-hydrogen) atoms. The number of hydrogen-bond donors (Lipinski definition) is 1. The summed E-state index contributed by atoms with van der Waals surface area (Å²) in [5.41, 5.74) is 0.0624. The molecule has 1 aliphatic rings. The zero-order valence-corrected chi connectivity index (χ0v) is 10.6. The van der Waals surface area contributed by atoms with E-state index in [1.807, 2.05) is 0 Å². The van der Waals surface area contributed by atoms with Gasteiger partial charge in [-0.1, -0.05) is 6.07 Å². The number of thioether (sulfide) groups is 1. The molecule has 1 fully saturated rings. The molecule has 0 radical (unpaired) electrons. The Hall–Kier alpha value is -1.63. The third kappa shape index (κ3) is 3.04. The third-order valence-electron chi connectivity index (χ3n) is 2.84. The number of amides is 1. The van der Waals surface area contributed by atoms with E-state index in [0.29, 0.717) is 11.8 Å². The first-order valence-corrected chi connectivity index (χ1v) is 6.68. The van der Waals surface area contributed by atoms with Gasteiger partial charge in [0.15, 0.2) is 0 Å². The van der Waals surface area contributed by atoms with Crippen molar-refractivity contribution >= 4 is 23.6 Å². The smallest absolute Gasteiger partial charge is 0.327 e. The number of carbonyl (C=O) groups excluding carboxylic acids is 1. The zero-order valence-electron chi connectivity index (χ0n) is 9.81. The number of carboxylic acids is 1. The molecule has 1 saturated heterocycles. The Bertz CT molecular complexity index is 524. The van der Waals surface area contributed by atoms with Crippen LogP contribution in [0.5, 0.6) is 0 Å². The minimum absolute atomic E-state index is 0.0624. The Morgan fingerprint density at radius 2 is 2.16 bits per heavy atom. The highest BCUT2D eigenvalue weighted by Gasteiger charge is 2.34. The second-order valence-corrected chi connectivity index (χ2v) is 5.13. The van der Waals surface area contributed by atoms with E-state index in [1.165, 1.54) is 22.7 Å². The van der Waals surface area contributed by atoms with Gasteiger partial charge in [-0.25, -0.2) is 13.6 Å². The Morgan fingerprint density at radius 3 is 2.79 bits per heavy atom. The summed E-state index contributed by atoms with van der Waals surface area (Å²) in [7, 11) is 0. The molecule has 1 heterocycles. The van der Waals surface area contributed by atoms with E-state index >= 15 is 0 Å². The molecule has 1 aliphatic heterocycles. The van der Waals surface area contributed by atoms with Gasteiger partial charge in [0.1, 0.15) is 17.7 Å². The largest absolute Gasteiger partial charge is 0.480 e. The molecule has 1 amide bonds. The lowest BCUT2D eigenvalue weighted by Gasteiger charge is -2.20. The molecular weight excluding hydrogens is 276 g/mol. The Labute approximate surface area is 112 Å². The summed E-state index contributed by atoms with van der Waals surface area (Å²) >= 11 is 1.33. The fraction of sp³-hybridized carbons (Fsp3) is 0.333. The van der Waals surface area contributed by atoms with Crippen LogP contribution in [0.15, 0.2) is 18.2 Å². The maximum Gasteiger partial charge on any atom is 0.327 e. The summed E-state index contributed by atoms with van der Waals surface area (Å²) in [6.45, 7) is 0. The highest BCUT2D eigenvalue weighted by molar-refractivity contribution is 7.99. The number of benzene rings is 1. The van der Waals surface area contributed by atoms with Crippen LogP contribution < -0.4 is 0 Å². The van der Waals surface area contributed by atoms with Crippen LogP contribution in [0.25, 0.3) is 0 Å². The van der Waals surface area contributed by atoms with Gasteiger partial charge in [-0.05, 0) is 11.6 Å². The van der Waals surface area contributed by atoms with Crippen molar-refractivity contribution in [1.82, 2.24) is 4.90 Å². The molecule has 4 nitrogen and oxygen atoms in total. The molecule has 1 aromatic rings. The van der Waals surface area contributed by atoms with Crippen molar-refractivity contribution in [3.63, 3.8) is 0 Å². The number of nitrogens with zero attached hydrogens (tertiary/aromatic N) is 1. The number of halogens is 2. The average molecular weight is 287 g/mol. The van der Waals surface area contributed by atoms with Crippen LogP contribution in [0.4, 0.5) is 8.78 Å². The third-order valence-corrected chi connectivity index (χ3v) is 3.86. The van der Waals surface area contributed by atoms with Crippen LogP contribution in [0.2, 0.25) is 0 Å². The summed E-state index contributed by atoms with van der Waals surface area (Å²) in [4.78, 5) is 24.1. The summed E-state index contributed by atoms with van der Waals surface area (Å²) in [5.74, 6) is -2.45. The monoisotopic (exact) mass is 287 g/mol. The fourth-order valence-corrected chi connectivity index (χ4v) is 2.99. The van der Waals surface area contributed by atoms with Gasteiger partial charge in [0.25, 0.3) is 0 Å². The van der Waals surface area contributed by atoms with Gasteiger partial charge in [0.2, 0.25) is 5.91 Å². The molecule has 1 aromatic carbocycles. The maximum atomic E-state index is 13.4. The fourth-order valence-electron chi connectivity index (χ4n) is 1.82. The van der Waals surface area contributed by atoms with Crippen LogP contribution in [0.1, 0.15) is 5.56 Å². The van der Waals surface area contributed by atoms with E-state index in [0.717, 1.165) is 6.07 Å². The summed E-state index contributed by atoms with van der Waals surface area (Å²) < 4.78 is 26.2. The first-order valence-electron chi connectivity index (χ1n) is 5.53. The summed E-state index contributed by atoms with van der Waals surface area (Å²) in [6.07, 6.45) is -0.267. The van der Waals surface area contributed by atoms with Gasteiger partial charge < -0.3 is 10.0 Å². The number of aliphatic carboxylic acids is 1. The molecule has 0 bridgehead atoms. The maximum absolute atomic E-state index is 13.4. The molecule has 1 N–H and O–H groups in total. The van der Waals surface area contributed by atoms with Gasteiger partial charge in [-0.2, -0.15) is 0 Å². The molecular formula is C12H11F2NO3S. The van der Waals surface area contributed by atoms with Crippen molar-refractivity contribution in [2.75, 3.05) is 11.6 Å². The second-order valence-electron chi connectivity index (χ2n) is 4.13. The van der Waals surface area contributed by atoms with Crippen molar-refractivity contribution in [2.24, 2.45) is 0 Å². The van der Waals surface area contributed by atoms with Gasteiger partial charge in [0.05, 0.1) is 12.3 Å². The molecule has 0 saturated carbocycles. The van der Waals surface area contributed by atoms with Crippen molar-refractivity contribution < 1.29 is 23.5 Å². The normalized spacial score (nSPS) is 18.6. The quantitative estimate of drug-likeness (QED) is 0.915. The van der Waals surface area contributed by atoms with Crippen LogP contribution >= 0.6 is 11.8 Å². The van der Waals surface area contributed by atoms with Crippen molar-refractivity contribution in [3.8, 4) is 0 Å². The Morgan fingerprint density at radius 1 is 1.42 bits per heavy atom. The lowest BCUT2D eigenvalue weighted by molar-refractivity contribution is -0.147. The standard InChI is InChI=1S/C12H11F2NO3S/c13-8-2-1-7(9(14)4-8)3-11(16)15-6-19-5-10(15)12(17)18/h1-2,4,10H,3,5-6H2,(H,17,18)/t10-/m0/s1. The van der Waals surface area contributed by atoms with Crippen LogP contribution in [0.3, 0.4) is 0 Å². The number of hydrogen-bond acceptors (Lipinski definition) is 3. The van der Waals surface area contributed by atoms with Gasteiger partial charge in [-0.15, -0.1) is 11.8 Å². The Balaban J connectivity index is 2.10. The predicted octanol–water partition coefficient (Wildman–Crippen LogP) is 1.49. The second kappa shape index (κ2) is 5.56. The van der Waals surface area contributed by atoms with E-state index in [9.17, 15) is 18.4 Å². The Kier molecular flexibility index (Phi) is 4.04. The summed E-state index contributed by atoms with van der Waals surface area (Å²) in [5, 5.41) is 8.96. The van der Waals surface area contributed by atoms with Crippen molar-refractivity contribution in [2.45, 2.75) is 12.5 Å². The lowest BCUT2D eigenvalue weighted by Crippen LogP contribution is -2.42. The molecule has 1 atom stereocenters. The van der Waals surface area contributed by atoms with E-state index < -0.39 is 29.6 Å². The highest BCUT2D eigenvalue weighted by atomic mass is 32.2. The highest BCUT2D eigenvalue weighted by Crippen LogP contribution is 2.22. The topological polar surface area (TPSA) is 57.6 Å². The van der Waals surface area contributed by atoms with E-state index in [-0.39, 0.29) is 17.9 Å². The van der Waals surface area contributed by atoms with Crippen LogP contribution in [-0.4, -0.2) is 39.6 Å².